The van der Waals surface area contributed by atoms with E-state index < -0.39 is 21.1 Å². The number of nitrogens with one attached hydrogen (secondary N) is 1. The van der Waals surface area contributed by atoms with Gasteiger partial charge in [-0.1, -0.05) is 13.8 Å². The molecule has 0 aromatic heterocycles. The zero-order valence-electron chi connectivity index (χ0n) is 8.06. The van der Waals surface area contributed by atoms with Gasteiger partial charge in [-0.05, 0) is 13.0 Å². The van der Waals surface area contributed by atoms with Crippen LogP contribution in [0.1, 0.15) is 20.3 Å². The van der Waals surface area contributed by atoms with Crippen LogP contribution in [0.5, 0.6) is 0 Å². The molecule has 0 amide bonds. The van der Waals surface area contributed by atoms with Crippen LogP contribution in [0.3, 0.4) is 0 Å². The maximum atomic E-state index is 11.8. The molecule has 0 aromatic carbocycles. The van der Waals surface area contributed by atoms with E-state index in [0.29, 0.717) is 0 Å². The Morgan fingerprint density at radius 3 is 2.14 bits per heavy atom. The number of halogens is 3. The molecular formula is C7H14F3NO2S. The van der Waals surface area contributed by atoms with E-state index in [4.69, 9.17) is 0 Å². The molecule has 0 bridgehead atoms. The third-order valence-corrected chi connectivity index (χ3v) is 3.03. The van der Waals surface area contributed by atoms with Crippen molar-refractivity contribution in [1.82, 2.24) is 5.32 Å². The summed E-state index contributed by atoms with van der Waals surface area (Å²) in [5, 5.41) is 2.84. The Kier molecular flexibility index (Phi) is 4.87. The van der Waals surface area contributed by atoms with Gasteiger partial charge in [0, 0.05) is 6.04 Å². The summed E-state index contributed by atoms with van der Waals surface area (Å²) in [6, 6.07) is 0.142. The van der Waals surface area contributed by atoms with Crippen molar-refractivity contribution in [3.05, 3.63) is 0 Å². The van der Waals surface area contributed by atoms with E-state index in [1.807, 2.05) is 13.8 Å². The predicted molar refractivity (Wildman–Crippen MR) is 47.6 cm³/mol. The zero-order valence-corrected chi connectivity index (χ0v) is 8.87. The third-order valence-electron chi connectivity index (χ3n) is 1.50. The Hall–Kier alpha value is -0.300. The maximum Gasteiger partial charge on any atom is 0.497 e. The smallest absolute Gasteiger partial charge is 0.314 e. The Morgan fingerprint density at radius 2 is 1.79 bits per heavy atom. The second kappa shape index (κ2) is 4.97. The molecule has 0 aliphatic carbocycles. The lowest BCUT2D eigenvalue weighted by molar-refractivity contribution is -0.0435. The molecule has 0 rings (SSSR count). The molecule has 3 nitrogen and oxygen atoms in total. The van der Waals surface area contributed by atoms with Gasteiger partial charge >= 0.3 is 5.51 Å². The van der Waals surface area contributed by atoms with Gasteiger partial charge in [0.05, 0.1) is 5.75 Å². The second-order valence-corrected chi connectivity index (χ2v) is 5.33. The van der Waals surface area contributed by atoms with Crippen LogP contribution in [-0.4, -0.2) is 32.3 Å². The highest BCUT2D eigenvalue weighted by Gasteiger charge is 2.44. The van der Waals surface area contributed by atoms with Crippen LogP contribution < -0.4 is 5.32 Å². The molecule has 0 heterocycles. The molecule has 0 aliphatic rings. The largest absolute Gasteiger partial charge is 0.497 e. The van der Waals surface area contributed by atoms with Crippen molar-refractivity contribution in [2.24, 2.45) is 0 Å². The van der Waals surface area contributed by atoms with Gasteiger partial charge in [-0.15, -0.1) is 0 Å². The van der Waals surface area contributed by atoms with Crippen molar-refractivity contribution < 1.29 is 21.6 Å². The summed E-state index contributed by atoms with van der Waals surface area (Å²) >= 11 is 0. The first kappa shape index (κ1) is 13.7. The number of rotatable bonds is 5. The first-order valence-electron chi connectivity index (χ1n) is 4.19. The molecule has 86 valence electrons. The quantitative estimate of drug-likeness (QED) is 0.728. The normalized spacial score (nSPS) is 13.6. The van der Waals surface area contributed by atoms with E-state index in [9.17, 15) is 21.6 Å². The Labute approximate surface area is 81.6 Å². The SMILES string of the molecule is CC(C)NCCCS(=O)(=O)C(F)(F)F. The Balaban J connectivity index is 3.91. The lowest BCUT2D eigenvalue weighted by Gasteiger charge is -2.09. The fraction of sp³-hybridized carbons (Fsp3) is 1.00. The number of hydrogen-bond acceptors (Lipinski definition) is 3. The van der Waals surface area contributed by atoms with Crippen LogP contribution in [0.2, 0.25) is 0 Å². The summed E-state index contributed by atoms with van der Waals surface area (Å²) in [5.41, 5.74) is -5.12. The Bertz CT molecular complexity index is 259. The highest BCUT2D eigenvalue weighted by atomic mass is 32.2. The van der Waals surface area contributed by atoms with Gasteiger partial charge in [0.25, 0.3) is 0 Å². The van der Waals surface area contributed by atoms with Gasteiger partial charge in [-0.25, -0.2) is 8.42 Å². The zero-order chi connectivity index (χ0) is 11.4. The van der Waals surface area contributed by atoms with Crippen molar-refractivity contribution in [2.45, 2.75) is 31.8 Å². The van der Waals surface area contributed by atoms with Gasteiger partial charge in [0.1, 0.15) is 0 Å². The summed E-state index contributed by atoms with van der Waals surface area (Å²) in [7, 11) is -4.94. The van der Waals surface area contributed by atoms with Crippen LogP contribution in [-0.2, 0) is 9.84 Å². The summed E-state index contributed by atoms with van der Waals surface area (Å²) in [6.07, 6.45) is -0.0278. The molecule has 0 atom stereocenters. The second-order valence-electron chi connectivity index (χ2n) is 3.23. The van der Waals surface area contributed by atoms with Crippen LogP contribution in [0.4, 0.5) is 13.2 Å². The summed E-state index contributed by atoms with van der Waals surface area (Å²) < 4.78 is 56.5. The average Bonchev–Trinajstić information content (AvgIpc) is 1.95. The van der Waals surface area contributed by atoms with Crippen molar-refractivity contribution in [2.75, 3.05) is 12.3 Å². The monoisotopic (exact) mass is 233 g/mol. The van der Waals surface area contributed by atoms with E-state index in [0.717, 1.165) is 0 Å². The highest BCUT2D eigenvalue weighted by molar-refractivity contribution is 7.92. The highest BCUT2D eigenvalue weighted by Crippen LogP contribution is 2.23. The lowest BCUT2D eigenvalue weighted by atomic mass is 10.4. The fourth-order valence-electron chi connectivity index (χ4n) is 0.769. The molecule has 0 fully saturated rings. The van der Waals surface area contributed by atoms with Crippen molar-refractivity contribution in [3.63, 3.8) is 0 Å². The summed E-state index contributed by atoms with van der Waals surface area (Å²) in [5.74, 6) is -0.851. The van der Waals surface area contributed by atoms with Gasteiger partial charge in [0.2, 0.25) is 9.84 Å². The first-order chi connectivity index (χ1) is 6.17. The van der Waals surface area contributed by atoms with Crippen molar-refractivity contribution >= 4 is 9.84 Å². The molecule has 0 saturated heterocycles. The van der Waals surface area contributed by atoms with E-state index in [1.165, 1.54) is 0 Å². The molecule has 1 N–H and O–H groups in total. The number of hydrogen-bond donors (Lipinski definition) is 1. The lowest BCUT2D eigenvalue weighted by Crippen LogP contribution is -2.30. The number of sulfone groups is 1. The maximum absolute atomic E-state index is 11.8. The van der Waals surface area contributed by atoms with Gasteiger partial charge in [0.15, 0.2) is 0 Å². The minimum Gasteiger partial charge on any atom is -0.314 e. The number of alkyl halides is 3. The predicted octanol–water partition coefficient (Wildman–Crippen LogP) is 1.31. The van der Waals surface area contributed by atoms with Crippen LogP contribution in [0.15, 0.2) is 0 Å². The average molecular weight is 233 g/mol. The molecule has 14 heavy (non-hydrogen) atoms. The molecule has 0 saturated carbocycles. The van der Waals surface area contributed by atoms with Gasteiger partial charge < -0.3 is 5.32 Å². The summed E-state index contributed by atoms with van der Waals surface area (Å²) in [6.45, 7) is 3.93. The molecule has 0 unspecified atom stereocenters. The van der Waals surface area contributed by atoms with E-state index in [-0.39, 0.29) is 19.0 Å². The Morgan fingerprint density at radius 1 is 1.29 bits per heavy atom. The minimum atomic E-state index is -5.12. The van der Waals surface area contributed by atoms with Crippen molar-refractivity contribution in [3.8, 4) is 0 Å². The van der Waals surface area contributed by atoms with E-state index >= 15 is 0 Å². The van der Waals surface area contributed by atoms with E-state index in [2.05, 4.69) is 5.32 Å². The molecule has 0 radical (unpaired) electrons. The summed E-state index contributed by atoms with van der Waals surface area (Å²) in [4.78, 5) is 0. The van der Waals surface area contributed by atoms with E-state index in [1.54, 1.807) is 0 Å². The third kappa shape index (κ3) is 4.80. The molecule has 0 aromatic rings. The fourth-order valence-corrected chi connectivity index (χ4v) is 1.52. The first-order valence-corrected chi connectivity index (χ1v) is 5.84. The van der Waals surface area contributed by atoms with Crippen LogP contribution in [0.25, 0.3) is 0 Å². The van der Waals surface area contributed by atoms with Crippen molar-refractivity contribution in [1.29, 1.82) is 0 Å². The van der Waals surface area contributed by atoms with Crippen LogP contribution >= 0.6 is 0 Å². The standard InChI is InChI=1S/C7H14F3NO2S/c1-6(2)11-4-3-5-14(12,13)7(8,9)10/h6,11H,3-5H2,1-2H3. The molecule has 7 heteroatoms. The van der Waals surface area contributed by atoms with Gasteiger partial charge in [-0.3, -0.25) is 0 Å². The topological polar surface area (TPSA) is 46.2 Å². The molecular weight excluding hydrogens is 219 g/mol. The minimum absolute atomic E-state index is 0.0278. The molecule has 0 aliphatic heterocycles. The van der Waals surface area contributed by atoms with Gasteiger partial charge in [-0.2, -0.15) is 13.2 Å². The van der Waals surface area contributed by atoms with Crippen LogP contribution in [0, 0.1) is 0 Å². The molecule has 0 spiro atoms.